The van der Waals surface area contributed by atoms with Gasteiger partial charge in [-0.05, 0) is 35.9 Å². The van der Waals surface area contributed by atoms with E-state index in [1.54, 1.807) is 43.5 Å². The first-order valence-corrected chi connectivity index (χ1v) is 8.63. The Hall–Kier alpha value is -2.71. The number of anilines is 1. The van der Waals surface area contributed by atoms with Crippen LogP contribution in [0.15, 0.2) is 59.3 Å². The molecule has 3 rings (SSSR count). The number of rotatable bonds is 6. The number of nitrogens with one attached hydrogen (secondary N) is 1. The highest BCUT2D eigenvalue weighted by Gasteiger charge is 2.14. The highest BCUT2D eigenvalue weighted by Crippen LogP contribution is 2.19. The third-order valence-electron chi connectivity index (χ3n) is 3.68. The molecule has 0 aliphatic rings. The van der Waals surface area contributed by atoms with Crippen LogP contribution in [-0.2, 0) is 6.54 Å². The summed E-state index contributed by atoms with van der Waals surface area (Å²) in [5, 5.41) is 17.2. The number of hydrogen-bond acceptors (Lipinski definition) is 5. The van der Waals surface area contributed by atoms with Crippen LogP contribution in [0.2, 0.25) is 0 Å². The van der Waals surface area contributed by atoms with Gasteiger partial charge < -0.3 is 15.2 Å². The molecule has 2 N–H and O–H groups in total. The van der Waals surface area contributed by atoms with Crippen LogP contribution < -0.4 is 10.1 Å². The van der Waals surface area contributed by atoms with Gasteiger partial charge in [0.25, 0.3) is 5.91 Å². The molecule has 134 valence electrons. The third kappa shape index (κ3) is 4.47. The predicted octanol–water partition coefficient (Wildman–Crippen LogP) is 3.04. The van der Waals surface area contributed by atoms with Gasteiger partial charge in [0.2, 0.25) is 5.82 Å². The second-order valence-electron chi connectivity index (χ2n) is 5.54. The average Bonchev–Trinajstić information content (AvgIpc) is 3.10. The summed E-state index contributed by atoms with van der Waals surface area (Å²) >= 11 is 3.35. The smallest absolute Gasteiger partial charge is 0.295 e. The van der Waals surface area contributed by atoms with Crippen LogP contribution in [0.5, 0.6) is 5.75 Å². The Balaban J connectivity index is 1.64. The molecule has 1 heterocycles. The van der Waals surface area contributed by atoms with E-state index < -0.39 is 12.0 Å². The van der Waals surface area contributed by atoms with E-state index in [9.17, 15) is 9.90 Å². The molecule has 1 amide bonds. The summed E-state index contributed by atoms with van der Waals surface area (Å²) in [6, 6.07) is 14.3. The topological polar surface area (TPSA) is 89.3 Å². The number of benzene rings is 2. The lowest BCUT2D eigenvalue weighted by Crippen LogP contribution is -2.15. The van der Waals surface area contributed by atoms with Crippen molar-refractivity contribution >= 4 is 27.5 Å². The monoisotopic (exact) mass is 416 g/mol. The Bertz CT molecular complexity index is 895. The molecule has 26 heavy (non-hydrogen) atoms. The summed E-state index contributed by atoms with van der Waals surface area (Å²) in [6.07, 6.45) is 0.645. The zero-order valence-electron chi connectivity index (χ0n) is 14.0. The first-order valence-electron chi connectivity index (χ1n) is 7.83. The molecule has 2 aromatic carbocycles. The maximum Gasteiger partial charge on any atom is 0.295 e. The molecule has 0 bridgehead atoms. The molecule has 0 aliphatic carbocycles. The van der Waals surface area contributed by atoms with E-state index in [4.69, 9.17) is 4.74 Å². The standard InChI is InChI=1S/C18H17BrN4O3/c1-26-15-7-5-12(6-8-15)16(24)10-23-11-20-17(22-23)18(25)21-14-4-2-3-13(19)9-14/h2-9,11,16,24H,10H2,1H3,(H,21,25)/t16-/m1/s1. The lowest BCUT2D eigenvalue weighted by molar-refractivity contribution is 0.101. The number of nitrogens with zero attached hydrogens (tertiary/aromatic N) is 3. The molecule has 3 aromatic rings. The van der Waals surface area contributed by atoms with E-state index in [1.165, 1.54) is 11.0 Å². The van der Waals surface area contributed by atoms with Gasteiger partial charge in [0.1, 0.15) is 12.1 Å². The summed E-state index contributed by atoms with van der Waals surface area (Å²) in [4.78, 5) is 16.2. The summed E-state index contributed by atoms with van der Waals surface area (Å²) in [5.41, 5.74) is 1.36. The minimum Gasteiger partial charge on any atom is -0.497 e. The van der Waals surface area contributed by atoms with Gasteiger partial charge in [-0.3, -0.25) is 4.79 Å². The van der Waals surface area contributed by atoms with Crippen molar-refractivity contribution in [3.8, 4) is 5.75 Å². The van der Waals surface area contributed by atoms with Crippen molar-refractivity contribution in [2.45, 2.75) is 12.6 Å². The number of methoxy groups -OCH3 is 1. The van der Waals surface area contributed by atoms with E-state index >= 15 is 0 Å². The maximum absolute atomic E-state index is 12.2. The number of ether oxygens (including phenoxy) is 1. The fourth-order valence-corrected chi connectivity index (χ4v) is 2.75. The molecule has 8 heteroatoms. The Morgan fingerprint density at radius 3 is 2.77 bits per heavy atom. The van der Waals surface area contributed by atoms with Gasteiger partial charge in [-0.15, -0.1) is 5.10 Å². The maximum atomic E-state index is 12.2. The SMILES string of the molecule is COc1ccc([C@H](O)Cn2cnc(C(=O)Nc3cccc(Br)c3)n2)cc1. The molecule has 0 saturated heterocycles. The fourth-order valence-electron chi connectivity index (χ4n) is 2.35. The second-order valence-corrected chi connectivity index (χ2v) is 6.46. The van der Waals surface area contributed by atoms with E-state index in [0.29, 0.717) is 11.4 Å². The van der Waals surface area contributed by atoms with Gasteiger partial charge >= 0.3 is 0 Å². The van der Waals surface area contributed by atoms with Crippen molar-refractivity contribution in [1.82, 2.24) is 14.8 Å². The van der Waals surface area contributed by atoms with Crippen molar-refractivity contribution in [1.29, 1.82) is 0 Å². The van der Waals surface area contributed by atoms with Gasteiger partial charge in [0.15, 0.2) is 0 Å². The molecular weight excluding hydrogens is 400 g/mol. The number of hydrogen-bond donors (Lipinski definition) is 2. The van der Waals surface area contributed by atoms with E-state index in [0.717, 1.165) is 10.0 Å². The fraction of sp³-hybridized carbons (Fsp3) is 0.167. The average molecular weight is 417 g/mol. The molecule has 0 saturated carbocycles. The first kappa shape index (κ1) is 18.1. The van der Waals surface area contributed by atoms with E-state index in [2.05, 4.69) is 31.3 Å². The van der Waals surface area contributed by atoms with Crippen molar-refractivity contribution in [2.24, 2.45) is 0 Å². The Morgan fingerprint density at radius 2 is 2.08 bits per heavy atom. The summed E-state index contributed by atoms with van der Waals surface area (Å²) in [7, 11) is 1.58. The van der Waals surface area contributed by atoms with Crippen molar-refractivity contribution in [2.75, 3.05) is 12.4 Å². The van der Waals surface area contributed by atoms with Crippen LogP contribution in [0.1, 0.15) is 22.3 Å². The van der Waals surface area contributed by atoms with Crippen LogP contribution >= 0.6 is 15.9 Å². The summed E-state index contributed by atoms with van der Waals surface area (Å²) in [5.74, 6) is 0.334. The van der Waals surface area contributed by atoms with Gasteiger partial charge in [-0.25, -0.2) is 9.67 Å². The number of aliphatic hydroxyl groups excluding tert-OH is 1. The number of amides is 1. The van der Waals surface area contributed by atoms with Crippen molar-refractivity contribution in [3.63, 3.8) is 0 Å². The first-order chi connectivity index (χ1) is 12.5. The molecule has 1 aromatic heterocycles. The molecule has 7 nitrogen and oxygen atoms in total. The highest BCUT2D eigenvalue weighted by molar-refractivity contribution is 9.10. The normalized spacial score (nSPS) is 11.8. The zero-order chi connectivity index (χ0) is 18.5. The largest absolute Gasteiger partial charge is 0.497 e. The van der Waals surface area contributed by atoms with Gasteiger partial charge in [-0.2, -0.15) is 0 Å². The third-order valence-corrected chi connectivity index (χ3v) is 4.18. The van der Waals surface area contributed by atoms with Crippen LogP contribution in [-0.4, -0.2) is 32.9 Å². The molecule has 0 spiro atoms. The van der Waals surface area contributed by atoms with Crippen LogP contribution in [0.3, 0.4) is 0 Å². The predicted molar refractivity (Wildman–Crippen MR) is 100 cm³/mol. The molecular formula is C18H17BrN4O3. The van der Waals surface area contributed by atoms with Crippen LogP contribution in [0.4, 0.5) is 5.69 Å². The van der Waals surface area contributed by atoms with Crippen LogP contribution in [0, 0.1) is 0 Å². The molecule has 0 aliphatic heterocycles. The number of aliphatic hydroxyl groups is 1. The zero-order valence-corrected chi connectivity index (χ0v) is 15.5. The molecule has 0 fully saturated rings. The summed E-state index contributed by atoms with van der Waals surface area (Å²) in [6.45, 7) is 0.184. The van der Waals surface area contributed by atoms with Crippen molar-refractivity contribution in [3.05, 3.63) is 70.7 Å². The van der Waals surface area contributed by atoms with Gasteiger partial charge in [0, 0.05) is 10.2 Å². The van der Waals surface area contributed by atoms with E-state index in [1.807, 2.05) is 12.1 Å². The van der Waals surface area contributed by atoms with Gasteiger partial charge in [-0.1, -0.05) is 34.1 Å². The van der Waals surface area contributed by atoms with E-state index in [-0.39, 0.29) is 12.4 Å². The minimum absolute atomic E-state index is 0.0342. The Kier molecular flexibility index (Phi) is 5.65. The number of halogens is 1. The Morgan fingerprint density at radius 1 is 1.31 bits per heavy atom. The summed E-state index contributed by atoms with van der Waals surface area (Å²) < 4.78 is 7.39. The Labute approximate surface area is 158 Å². The molecule has 1 atom stereocenters. The van der Waals surface area contributed by atoms with Gasteiger partial charge in [0.05, 0.1) is 19.8 Å². The number of aromatic nitrogens is 3. The highest BCUT2D eigenvalue weighted by atomic mass is 79.9. The number of carbonyl (C=O) groups excluding carboxylic acids is 1. The second kappa shape index (κ2) is 8.11. The van der Waals surface area contributed by atoms with Crippen LogP contribution in [0.25, 0.3) is 0 Å². The molecule has 0 radical (unpaired) electrons. The molecule has 0 unspecified atom stereocenters. The number of carbonyl (C=O) groups is 1. The quantitative estimate of drug-likeness (QED) is 0.644. The minimum atomic E-state index is -0.774. The lowest BCUT2D eigenvalue weighted by Gasteiger charge is -2.11. The van der Waals surface area contributed by atoms with Crippen molar-refractivity contribution < 1.29 is 14.6 Å². The lowest BCUT2D eigenvalue weighted by atomic mass is 10.1.